The summed E-state index contributed by atoms with van der Waals surface area (Å²) in [7, 11) is 0. The third-order valence-electron chi connectivity index (χ3n) is 5.03. The van der Waals surface area contributed by atoms with Gasteiger partial charge in [0.2, 0.25) is 0 Å². The molecule has 146 valence electrons. The maximum Gasteiger partial charge on any atom is 0.267 e. The number of morpholine rings is 1. The van der Waals surface area contributed by atoms with E-state index >= 15 is 0 Å². The fourth-order valence-corrected chi connectivity index (χ4v) is 3.84. The van der Waals surface area contributed by atoms with Crippen LogP contribution in [0.25, 0.3) is 10.9 Å². The molecule has 0 unspecified atom stereocenters. The van der Waals surface area contributed by atoms with E-state index in [9.17, 15) is 9.18 Å². The van der Waals surface area contributed by atoms with Crippen LogP contribution < -0.4 is 5.32 Å². The number of hydrogen-bond donors (Lipinski definition) is 2. The van der Waals surface area contributed by atoms with Crippen molar-refractivity contribution < 1.29 is 13.9 Å². The Balaban J connectivity index is 1.52. The Morgan fingerprint density at radius 1 is 1.21 bits per heavy atom. The van der Waals surface area contributed by atoms with Crippen molar-refractivity contribution in [3.05, 3.63) is 70.6 Å². The summed E-state index contributed by atoms with van der Waals surface area (Å²) in [5.74, 6) is -0.563. The summed E-state index contributed by atoms with van der Waals surface area (Å²) in [6.45, 7) is 3.27. The van der Waals surface area contributed by atoms with Crippen molar-refractivity contribution in [1.29, 1.82) is 0 Å². The number of benzene rings is 2. The fraction of sp³-hybridized carbons (Fsp3) is 0.286. The Labute approximate surface area is 167 Å². The predicted molar refractivity (Wildman–Crippen MR) is 107 cm³/mol. The van der Waals surface area contributed by atoms with Crippen molar-refractivity contribution in [3.63, 3.8) is 0 Å². The summed E-state index contributed by atoms with van der Waals surface area (Å²) in [4.78, 5) is 18.0. The van der Waals surface area contributed by atoms with Gasteiger partial charge < -0.3 is 15.0 Å². The molecular weight excluding hydrogens is 381 g/mol. The number of aromatic amines is 1. The minimum absolute atomic E-state index is 0.0524. The van der Waals surface area contributed by atoms with Gasteiger partial charge in [-0.05, 0) is 35.9 Å². The summed E-state index contributed by atoms with van der Waals surface area (Å²) in [6.07, 6.45) is 0. The van der Waals surface area contributed by atoms with Crippen molar-refractivity contribution >= 4 is 28.4 Å². The van der Waals surface area contributed by atoms with Crippen LogP contribution in [0.1, 0.15) is 22.1 Å². The Bertz CT molecular complexity index is 985. The second-order valence-corrected chi connectivity index (χ2v) is 7.22. The number of amides is 1. The molecule has 0 bridgehead atoms. The highest BCUT2D eigenvalue weighted by molar-refractivity contribution is 6.31. The Morgan fingerprint density at radius 2 is 2.00 bits per heavy atom. The molecule has 1 aromatic heterocycles. The van der Waals surface area contributed by atoms with Crippen molar-refractivity contribution in [2.45, 2.75) is 6.04 Å². The molecule has 0 saturated carbocycles. The van der Waals surface area contributed by atoms with Crippen molar-refractivity contribution in [1.82, 2.24) is 15.2 Å². The Hall–Kier alpha value is -2.41. The number of ether oxygens (including phenoxy) is 1. The van der Waals surface area contributed by atoms with Crippen molar-refractivity contribution in [2.24, 2.45) is 0 Å². The molecule has 1 aliphatic heterocycles. The molecule has 1 saturated heterocycles. The van der Waals surface area contributed by atoms with Gasteiger partial charge in [0.1, 0.15) is 11.5 Å². The first-order valence-corrected chi connectivity index (χ1v) is 9.62. The molecule has 1 amide bonds. The van der Waals surface area contributed by atoms with Crippen LogP contribution in [-0.4, -0.2) is 48.6 Å². The van der Waals surface area contributed by atoms with E-state index in [-0.39, 0.29) is 17.8 Å². The second kappa shape index (κ2) is 8.31. The number of halogens is 2. The third kappa shape index (κ3) is 4.04. The number of fused-ring (bicyclic) bond motifs is 1. The smallest absolute Gasteiger partial charge is 0.267 e. The molecule has 4 rings (SSSR count). The van der Waals surface area contributed by atoms with Crippen LogP contribution in [0.2, 0.25) is 5.02 Å². The molecule has 28 heavy (non-hydrogen) atoms. The standard InChI is InChI=1S/C21H21ClFN3O2/c22-17-4-2-1-3-16(17)20(26-7-9-28-10-8-26)13-24-21(27)19-12-14-11-15(23)5-6-18(14)25-19/h1-6,11-12,20,25H,7-10,13H2,(H,24,27)/t20-/m1/s1. The number of nitrogens with one attached hydrogen (secondary N) is 2. The van der Waals surface area contributed by atoms with E-state index in [4.69, 9.17) is 16.3 Å². The lowest BCUT2D eigenvalue weighted by molar-refractivity contribution is 0.0162. The molecule has 2 heterocycles. The summed E-state index contributed by atoms with van der Waals surface area (Å²) >= 11 is 6.43. The van der Waals surface area contributed by atoms with Crippen molar-refractivity contribution in [3.8, 4) is 0 Å². The summed E-state index contributed by atoms with van der Waals surface area (Å²) in [5, 5.41) is 4.34. The van der Waals surface area contributed by atoms with Gasteiger partial charge in [-0.25, -0.2) is 4.39 Å². The topological polar surface area (TPSA) is 57.4 Å². The molecule has 5 nitrogen and oxygen atoms in total. The van der Waals surface area contributed by atoms with E-state index in [0.717, 1.165) is 24.2 Å². The SMILES string of the molecule is O=C(NC[C@H](c1ccccc1Cl)N1CCOCC1)c1cc2cc(F)ccc2[nH]1. The highest BCUT2D eigenvalue weighted by Gasteiger charge is 2.25. The van der Waals surface area contributed by atoms with E-state index < -0.39 is 0 Å². The molecule has 0 spiro atoms. The van der Waals surface area contributed by atoms with Gasteiger partial charge in [-0.2, -0.15) is 0 Å². The molecule has 0 aliphatic carbocycles. The summed E-state index contributed by atoms with van der Waals surface area (Å²) in [6, 6.07) is 13.7. The van der Waals surface area contributed by atoms with Crippen LogP contribution in [0.4, 0.5) is 4.39 Å². The van der Waals surface area contributed by atoms with Gasteiger partial charge in [0.15, 0.2) is 0 Å². The maximum atomic E-state index is 13.4. The normalized spacial score (nSPS) is 16.2. The van der Waals surface area contributed by atoms with E-state index in [1.165, 1.54) is 12.1 Å². The van der Waals surface area contributed by atoms with Crippen LogP contribution in [0, 0.1) is 5.82 Å². The van der Waals surface area contributed by atoms with Gasteiger partial charge in [-0.1, -0.05) is 29.8 Å². The lowest BCUT2D eigenvalue weighted by Gasteiger charge is -2.35. The first-order chi connectivity index (χ1) is 13.6. The first kappa shape index (κ1) is 18.9. The van der Waals surface area contributed by atoms with E-state index in [0.29, 0.717) is 35.9 Å². The molecule has 1 atom stereocenters. The molecule has 0 radical (unpaired) electrons. The Kier molecular flexibility index (Phi) is 5.62. The number of rotatable bonds is 5. The number of H-pyrrole nitrogens is 1. The average Bonchev–Trinajstić information content (AvgIpc) is 3.13. The lowest BCUT2D eigenvalue weighted by Crippen LogP contribution is -2.44. The van der Waals surface area contributed by atoms with Crippen molar-refractivity contribution in [2.75, 3.05) is 32.8 Å². The van der Waals surface area contributed by atoms with Crippen LogP contribution in [0.3, 0.4) is 0 Å². The van der Waals surface area contributed by atoms with Crippen LogP contribution >= 0.6 is 11.6 Å². The van der Waals surface area contributed by atoms with E-state index in [1.54, 1.807) is 12.1 Å². The number of carbonyl (C=O) groups is 1. The minimum atomic E-state index is -0.329. The molecule has 2 aromatic carbocycles. The first-order valence-electron chi connectivity index (χ1n) is 9.24. The minimum Gasteiger partial charge on any atom is -0.379 e. The number of hydrogen-bond acceptors (Lipinski definition) is 3. The molecule has 2 N–H and O–H groups in total. The van der Waals surface area contributed by atoms with Gasteiger partial charge in [-0.3, -0.25) is 9.69 Å². The van der Waals surface area contributed by atoms with Crippen LogP contribution in [-0.2, 0) is 4.74 Å². The van der Waals surface area contributed by atoms with Crippen LogP contribution in [0.15, 0.2) is 48.5 Å². The molecule has 1 fully saturated rings. The Morgan fingerprint density at radius 3 is 2.79 bits per heavy atom. The number of carbonyl (C=O) groups excluding carboxylic acids is 1. The van der Waals surface area contributed by atoms with E-state index in [2.05, 4.69) is 15.2 Å². The molecule has 7 heteroatoms. The fourth-order valence-electron chi connectivity index (χ4n) is 3.58. The summed E-state index contributed by atoms with van der Waals surface area (Å²) in [5.41, 5.74) is 2.10. The monoisotopic (exact) mass is 401 g/mol. The molecule has 3 aromatic rings. The van der Waals surface area contributed by atoms with Gasteiger partial charge >= 0.3 is 0 Å². The maximum absolute atomic E-state index is 13.4. The zero-order valence-corrected chi connectivity index (χ0v) is 16.0. The molecule has 1 aliphatic rings. The highest BCUT2D eigenvalue weighted by atomic mass is 35.5. The molecular formula is C21H21ClFN3O2. The second-order valence-electron chi connectivity index (χ2n) is 6.81. The number of nitrogens with zero attached hydrogens (tertiary/aromatic N) is 1. The van der Waals surface area contributed by atoms with E-state index in [1.807, 2.05) is 24.3 Å². The van der Waals surface area contributed by atoms with Gasteiger partial charge in [0.05, 0.1) is 19.3 Å². The van der Waals surface area contributed by atoms with Crippen LogP contribution in [0.5, 0.6) is 0 Å². The number of aromatic nitrogens is 1. The third-order valence-corrected chi connectivity index (χ3v) is 5.38. The zero-order valence-electron chi connectivity index (χ0n) is 15.3. The zero-order chi connectivity index (χ0) is 19.5. The lowest BCUT2D eigenvalue weighted by atomic mass is 10.0. The van der Waals surface area contributed by atoms with Gasteiger partial charge in [0.25, 0.3) is 5.91 Å². The highest BCUT2D eigenvalue weighted by Crippen LogP contribution is 2.28. The summed E-state index contributed by atoms with van der Waals surface area (Å²) < 4.78 is 18.8. The largest absolute Gasteiger partial charge is 0.379 e. The quantitative estimate of drug-likeness (QED) is 0.684. The van der Waals surface area contributed by atoms with Gasteiger partial charge in [-0.15, -0.1) is 0 Å². The van der Waals surface area contributed by atoms with Gasteiger partial charge in [0, 0.05) is 35.6 Å². The average molecular weight is 402 g/mol. The predicted octanol–water partition coefficient (Wildman–Crippen LogP) is 3.76.